The minimum atomic E-state index is -0.761. The zero-order valence-corrected chi connectivity index (χ0v) is 15.9. The number of anilines is 3. The average Bonchev–Trinajstić information content (AvgIpc) is 2.65. The molecule has 0 fully saturated rings. The number of primary amides is 2. The van der Waals surface area contributed by atoms with Crippen molar-refractivity contribution in [1.82, 2.24) is 14.9 Å². The highest BCUT2D eigenvalue weighted by Gasteiger charge is 2.17. The fourth-order valence-corrected chi connectivity index (χ4v) is 2.37. The Morgan fingerprint density at radius 2 is 1.79 bits per heavy atom. The van der Waals surface area contributed by atoms with Crippen LogP contribution in [0.3, 0.4) is 0 Å². The van der Waals surface area contributed by atoms with Crippen molar-refractivity contribution in [1.29, 1.82) is 0 Å². The van der Waals surface area contributed by atoms with Crippen molar-refractivity contribution >= 4 is 35.0 Å². The van der Waals surface area contributed by atoms with Gasteiger partial charge in [-0.05, 0) is 30.7 Å². The van der Waals surface area contributed by atoms with E-state index in [1.54, 1.807) is 45.3 Å². The molecule has 10 heteroatoms. The fourth-order valence-electron chi connectivity index (χ4n) is 2.37. The molecule has 0 radical (unpaired) electrons. The number of benzene rings is 1. The van der Waals surface area contributed by atoms with Crippen LogP contribution in [-0.4, -0.2) is 52.7 Å². The van der Waals surface area contributed by atoms with Gasteiger partial charge in [0.1, 0.15) is 11.9 Å². The van der Waals surface area contributed by atoms with Gasteiger partial charge in [-0.3, -0.25) is 14.4 Å². The second-order valence-corrected chi connectivity index (χ2v) is 6.23. The van der Waals surface area contributed by atoms with Crippen LogP contribution in [0, 0.1) is 0 Å². The summed E-state index contributed by atoms with van der Waals surface area (Å²) >= 11 is 0. The summed E-state index contributed by atoms with van der Waals surface area (Å²) in [7, 11) is 3.33. The molecule has 28 heavy (non-hydrogen) atoms. The predicted octanol–water partition coefficient (Wildman–Crippen LogP) is 0.697. The van der Waals surface area contributed by atoms with Gasteiger partial charge in [0.2, 0.25) is 5.91 Å². The number of rotatable bonds is 8. The molecule has 1 atom stereocenters. The first-order valence-electron chi connectivity index (χ1n) is 8.54. The summed E-state index contributed by atoms with van der Waals surface area (Å²) in [6.45, 7) is 1.80. The number of nitrogens with two attached hydrogens (primary N) is 2. The number of hydrogen-bond donors (Lipinski definition) is 4. The van der Waals surface area contributed by atoms with Crippen LogP contribution >= 0.6 is 0 Å². The Morgan fingerprint density at radius 3 is 2.29 bits per heavy atom. The van der Waals surface area contributed by atoms with Crippen molar-refractivity contribution < 1.29 is 14.4 Å². The van der Waals surface area contributed by atoms with Crippen LogP contribution in [0.25, 0.3) is 0 Å². The molecule has 0 spiro atoms. The standard InChI is InChI=1S/C18H23N7O3/c1-4-12(15(19)26)23-13-9-21-14(16(20)27)17(24-13)22-11-7-5-10(6-8-11)18(28)25(2)3/h5-9,12H,4H2,1-3H3,(H2,19,26)(H2,20,27)(H2,22,23,24). The molecule has 1 heterocycles. The van der Waals surface area contributed by atoms with E-state index in [9.17, 15) is 14.4 Å². The molecule has 6 N–H and O–H groups in total. The van der Waals surface area contributed by atoms with Gasteiger partial charge in [-0.2, -0.15) is 0 Å². The van der Waals surface area contributed by atoms with Crippen molar-refractivity contribution in [2.45, 2.75) is 19.4 Å². The van der Waals surface area contributed by atoms with Crippen LogP contribution < -0.4 is 22.1 Å². The minimum Gasteiger partial charge on any atom is -0.368 e. The molecular weight excluding hydrogens is 362 g/mol. The molecule has 0 saturated carbocycles. The highest BCUT2D eigenvalue weighted by molar-refractivity contribution is 5.97. The summed E-state index contributed by atoms with van der Waals surface area (Å²) in [6, 6.07) is 6.00. The van der Waals surface area contributed by atoms with E-state index in [2.05, 4.69) is 20.6 Å². The van der Waals surface area contributed by atoms with E-state index in [1.165, 1.54) is 11.1 Å². The largest absolute Gasteiger partial charge is 0.368 e. The molecule has 0 aliphatic carbocycles. The monoisotopic (exact) mass is 385 g/mol. The molecule has 0 aliphatic rings. The average molecular weight is 385 g/mol. The second-order valence-electron chi connectivity index (χ2n) is 6.23. The molecule has 2 rings (SSSR count). The van der Waals surface area contributed by atoms with Gasteiger partial charge in [0.25, 0.3) is 11.8 Å². The van der Waals surface area contributed by atoms with Crippen LogP contribution in [-0.2, 0) is 4.79 Å². The van der Waals surface area contributed by atoms with Gasteiger partial charge < -0.3 is 27.0 Å². The summed E-state index contributed by atoms with van der Waals surface area (Å²) in [4.78, 5) is 44.8. The molecular formula is C18H23N7O3. The van der Waals surface area contributed by atoms with Gasteiger partial charge >= 0.3 is 0 Å². The van der Waals surface area contributed by atoms with Crippen LogP contribution in [0.1, 0.15) is 34.2 Å². The summed E-state index contributed by atoms with van der Waals surface area (Å²) in [5.74, 6) is -1.05. The number of carbonyl (C=O) groups excluding carboxylic acids is 3. The normalized spacial score (nSPS) is 11.4. The summed E-state index contributed by atoms with van der Waals surface area (Å²) in [5.41, 5.74) is 11.7. The van der Waals surface area contributed by atoms with Gasteiger partial charge in [-0.25, -0.2) is 9.97 Å². The lowest BCUT2D eigenvalue weighted by Crippen LogP contribution is -2.35. The van der Waals surface area contributed by atoms with Gasteiger partial charge in [-0.1, -0.05) is 6.92 Å². The molecule has 3 amide bonds. The quantitative estimate of drug-likeness (QED) is 0.521. The Balaban J connectivity index is 2.29. The van der Waals surface area contributed by atoms with Crippen molar-refractivity contribution in [3.05, 3.63) is 41.7 Å². The Hall–Kier alpha value is -3.69. The van der Waals surface area contributed by atoms with Gasteiger partial charge in [0, 0.05) is 25.3 Å². The highest BCUT2D eigenvalue weighted by atomic mass is 16.2. The molecule has 0 aliphatic heterocycles. The third kappa shape index (κ3) is 4.93. The van der Waals surface area contributed by atoms with Crippen molar-refractivity contribution in [2.24, 2.45) is 11.5 Å². The summed E-state index contributed by atoms with van der Waals surface area (Å²) in [5, 5.41) is 5.82. The molecule has 10 nitrogen and oxygen atoms in total. The Morgan fingerprint density at radius 1 is 1.14 bits per heavy atom. The maximum Gasteiger partial charge on any atom is 0.271 e. The first kappa shape index (κ1) is 20.6. The molecule has 2 aromatic rings. The number of carbonyl (C=O) groups is 3. The SMILES string of the molecule is CCC(Nc1cnc(C(N)=O)c(Nc2ccc(C(=O)N(C)C)cc2)n1)C(N)=O. The number of hydrogen-bond acceptors (Lipinski definition) is 7. The molecule has 0 bridgehead atoms. The topological polar surface area (TPSA) is 156 Å². The molecule has 1 aromatic heterocycles. The smallest absolute Gasteiger partial charge is 0.271 e. The van der Waals surface area contributed by atoms with E-state index >= 15 is 0 Å². The molecule has 1 unspecified atom stereocenters. The fraction of sp³-hybridized carbons (Fsp3) is 0.278. The summed E-state index contributed by atoms with van der Waals surface area (Å²) < 4.78 is 0. The van der Waals surface area contributed by atoms with E-state index in [4.69, 9.17) is 11.5 Å². The van der Waals surface area contributed by atoms with Crippen LogP contribution in [0.5, 0.6) is 0 Å². The number of nitrogens with zero attached hydrogens (tertiary/aromatic N) is 3. The molecule has 1 aromatic carbocycles. The Kier molecular flexibility index (Phi) is 6.48. The zero-order chi connectivity index (χ0) is 20.8. The van der Waals surface area contributed by atoms with E-state index in [0.29, 0.717) is 17.7 Å². The van der Waals surface area contributed by atoms with E-state index in [0.717, 1.165) is 0 Å². The minimum absolute atomic E-state index is 0.0638. The Labute approximate surface area is 162 Å². The highest BCUT2D eigenvalue weighted by Crippen LogP contribution is 2.20. The number of amides is 3. The predicted molar refractivity (Wildman–Crippen MR) is 105 cm³/mol. The van der Waals surface area contributed by atoms with Gasteiger partial charge in [-0.15, -0.1) is 0 Å². The first-order chi connectivity index (χ1) is 13.2. The maximum atomic E-state index is 12.0. The lowest BCUT2D eigenvalue weighted by Gasteiger charge is -2.16. The van der Waals surface area contributed by atoms with Gasteiger partial charge in [0.15, 0.2) is 11.5 Å². The van der Waals surface area contributed by atoms with E-state index in [-0.39, 0.29) is 23.2 Å². The molecule has 0 saturated heterocycles. The third-order valence-corrected chi connectivity index (χ3v) is 3.88. The third-order valence-electron chi connectivity index (χ3n) is 3.88. The first-order valence-corrected chi connectivity index (χ1v) is 8.54. The van der Waals surface area contributed by atoms with E-state index in [1.807, 2.05) is 0 Å². The van der Waals surface area contributed by atoms with E-state index < -0.39 is 17.9 Å². The maximum absolute atomic E-state index is 12.0. The van der Waals surface area contributed by atoms with Crippen molar-refractivity contribution in [3.63, 3.8) is 0 Å². The Bertz CT molecular complexity index is 881. The van der Waals surface area contributed by atoms with Crippen LogP contribution in [0.2, 0.25) is 0 Å². The van der Waals surface area contributed by atoms with Crippen molar-refractivity contribution in [3.8, 4) is 0 Å². The number of aromatic nitrogens is 2. The summed E-state index contributed by atoms with van der Waals surface area (Å²) in [6.07, 6.45) is 1.76. The van der Waals surface area contributed by atoms with Crippen LogP contribution in [0.4, 0.5) is 17.3 Å². The lowest BCUT2D eigenvalue weighted by molar-refractivity contribution is -0.118. The molecule has 148 valence electrons. The zero-order valence-electron chi connectivity index (χ0n) is 15.9. The lowest BCUT2D eigenvalue weighted by atomic mass is 10.2. The van der Waals surface area contributed by atoms with Crippen molar-refractivity contribution in [2.75, 3.05) is 24.7 Å². The van der Waals surface area contributed by atoms with Gasteiger partial charge in [0.05, 0.1) is 6.20 Å². The van der Waals surface area contributed by atoms with Crippen LogP contribution in [0.15, 0.2) is 30.5 Å². The second kappa shape index (κ2) is 8.80. The number of nitrogens with one attached hydrogen (secondary N) is 2.